The first kappa shape index (κ1) is 16.2. The number of rotatable bonds is 5. The zero-order chi connectivity index (χ0) is 17.3. The van der Waals surface area contributed by atoms with Crippen LogP contribution in [-0.4, -0.2) is 41.2 Å². The summed E-state index contributed by atoms with van der Waals surface area (Å²) in [6.07, 6.45) is 5.26. The Bertz CT molecular complexity index is 900. The minimum atomic E-state index is 0.640. The van der Waals surface area contributed by atoms with Gasteiger partial charge in [-0.25, -0.2) is 9.97 Å². The van der Waals surface area contributed by atoms with Crippen molar-refractivity contribution >= 4 is 27.4 Å². The number of fused-ring (bicyclic) bond motifs is 3. The first-order valence-electron chi connectivity index (χ1n) is 9.24. The Kier molecular flexibility index (Phi) is 4.36. The molecule has 1 aliphatic heterocycles. The maximum atomic E-state index is 5.47. The van der Waals surface area contributed by atoms with Crippen LogP contribution in [0.5, 0.6) is 0 Å². The molecule has 0 aromatic carbocycles. The van der Waals surface area contributed by atoms with Crippen LogP contribution < -0.4 is 5.32 Å². The highest BCUT2D eigenvalue weighted by Crippen LogP contribution is 2.39. The number of thiophene rings is 1. The van der Waals surface area contributed by atoms with Crippen molar-refractivity contribution in [3.63, 3.8) is 0 Å². The Morgan fingerprint density at radius 2 is 2.12 bits per heavy atom. The lowest BCUT2D eigenvalue weighted by atomic mass is 10.2. The summed E-state index contributed by atoms with van der Waals surface area (Å²) in [6.45, 7) is 4.88. The normalized spacial score (nSPS) is 17.7. The molecule has 0 atom stereocenters. The second kappa shape index (κ2) is 6.98. The van der Waals surface area contributed by atoms with Gasteiger partial charge in [-0.1, -0.05) is 0 Å². The zero-order valence-electron chi connectivity index (χ0n) is 14.7. The number of hydrogen-bond acceptors (Lipinski definition) is 7. The summed E-state index contributed by atoms with van der Waals surface area (Å²) in [5.74, 6) is 2.76. The van der Waals surface area contributed by atoms with Crippen LogP contribution >= 0.6 is 11.3 Å². The Morgan fingerprint density at radius 1 is 1.19 bits per heavy atom. The van der Waals surface area contributed by atoms with Gasteiger partial charge in [0.25, 0.3) is 0 Å². The highest BCUT2D eigenvalue weighted by molar-refractivity contribution is 7.19. The van der Waals surface area contributed by atoms with Gasteiger partial charge in [0.1, 0.15) is 22.2 Å². The molecule has 1 aliphatic carbocycles. The molecule has 6 nitrogen and oxygen atoms in total. The van der Waals surface area contributed by atoms with Gasteiger partial charge in [-0.2, -0.15) is 0 Å². The van der Waals surface area contributed by atoms with Crippen molar-refractivity contribution in [2.75, 3.05) is 31.6 Å². The van der Waals surface area contributed by atoms with E-state index in [1.807, 2.05) is 23.5 Å². The summed E-state index contributed by atoms with van der Waals surface area (Å²) in [7, 11) is 0. The van der Waals surface area contributed by atoms with Crippen molar-refractivity contribution in [3.8, 4) is 0 Å². The number of nitrogens with one attached hydrogen (secondary N) is 1. The number of furan rings is 1. The Balaban J connectivity index is 1.48. The molecule has 26 heavy (non-hydrogen) atoms. The number of anilines is 1. The topological polar surface area (TPSA) is 63.4 Å². The van der Waals surface area contributed by atoms with Crippen LogP contribution in [0.3, 0.4) is 0 Å². The van der Waals surface area contributed by atoms with Crippen LogP contribution in [0.1, 0.15) is 28.4 Å². The van der Waals surface area contributed by atoms with Crippen LogP contribution in [0.4, 0.5) is 5.82 Å². The molecule has 0 radical (unpaired) electrons. The standard InChI is InChI=1S/C19H22N4O2S/c1-4-14-15(5-1)26-19-17(14)18(20-11-13-3-2-8-25-13)21-16(22-19)12-23-6-9-24-10-7-23/h2-3,8H,1,4-7,9-12H2,(H,20,21,22). The molecule has 1 fully saturated rings. The SMILES string of the molecule is c1coc(CNc2nc(CN3CCOCC3)nc3sc4c(c23)CCC4)c1. The van der Waals surface area contributed by atoms with Crippen molar-refractivity contribution in [2.24, 2.45) is 0 Å². The Labute approximate surface area is 156 Å². The lowest BCUT2D eigenvalue weighted by Gasteiger charge is -2.25. The summed E-state index contributed by atoms with van der Waals surface area (Å²) in [5, 5.41) is 4.72. The van der Waals surface area contributed by atoms with Crippen LogP contribution in [0.15, 0.2) is 22.8 Å². The van der Waals surface area contributed by atoms with Gasteiger partial charge in [0.05, 0.1) is 38.0 Å². The summed E-state index contributed by atoms with van der Waals surface area (Å²) < 4.78 is 10.9. The second-order valence-corrected chi connectivity index (χ2v) is 7.93. The molecule has 0 bridgehead atoms. The van der Waals surface area contributed by atoms with Crippen molar-refractivity contribution < 1.29 is 9.15 Å². The molecule has 4 heterocycles. The van der Waals surface area contributed by atoms with Crippen LogP contribution in [0, 0.1) is 0 Å². The van der Waals surface area contributed by atoms with Gasteiger partial charge >= 0.3 is 0 Å². The van der Waals surface area contributed by atoms with E-state index >= 15 is 0 Å². The van der Waals surface area contributed by atoms with Crippen LogP contribution in [0.2, 0.25) is 0 Å². The molecule has 136 valence electrons. The number of ether oxygens (including phenoxy) is 1. The van der Waals surface area contributed by atoms with Gasteiger partial charge in [-0.3, -0.25) is 4.90 Å². The quantitative estimate of drug-likeness (QED) is 0.744. The third kappa shape index (κ3) is 3.11. The third-order valence-corrected chi connectivity index (χ3v) is 6.28. The molecular weight excluding hydrogens is 348 g/mol. The molecule has 1 N–H and O–H groups in total. The lowest BCUT2D eigenvalue weighted by molar-refractivity contribution is 0.0331. The molecule has 0 spiro atoms. The fourth-order valence-corrected chi connectivity index (χ4v) is 5.06. The van der Waals surface area contributed by atoms with E-state index in [2.05, 4.69) is 10.2 Å². The average Bonchev–Trinajstić information content (AvgIpc) is 3.37. The summed E-state index contributed by atoms with van der Waals surface area (Å²) in [6, 6.07) is 3.90. The van der Waals surface area contributed by atoms with Crippen molar-refractivity contribution in [2.45, 2.75) is 32.4 Å². The largest absolute Gasteiger partial charge is 0.467 e. The van der Waals surface area contributed by atoms with Crippen molar-refractivity contribution in [3.05, 3.63) is 40.4 Å². The monoisotopic (exact) mass is 370 g/mol. The van der Waals surface area contributed by atoms with E-state index < -0.39 is 0 Å². The lowest BCUT2D eigenvalue weighted by Crippen LogP contribution is -2.36. The minimum absolute atomic E-state index is 0.640. The molecule has 3 aromatic heterocycles. The Morgan fingerprint density at radius 3 is 2.96 bits per heavy atom. The highest BCUT2D eigenvalue weighted by atomic mass is 32.1. The molecule has 0 amide bonds. The maximum absolute atomic E-state index is 5.47. The maximum Gasteiger partial charge on any atom is 0.146 e. The summed E-state index contributed by atoms with van der Waals surface area (Å²) in [4.78, 5) is 14.8. The number of aromatic nitrogens is 2. The molecule has 0 saturated carbocycles. The van der Waals surface area contributed by atoms with E-state index in [0.29, 0.717) is 6.54 Å². The predicted octanol–water partition coefficient (Wildman–Crippen LogP) is 3.22. The fourth-order valence-electron chi connectivity index (χ4n) is 3.78. The van der Waals surface area contributed by atoms with Gasteiger partial charge in [-0.15, -0.1) is 11.3 Å². The van der Waals surface area contributed by atoms with Gasteiger partial charge in [0.2, 0.25) is 0 Å². The predicted molar refractivity (Wildman–Crippen MR) is 102 cm³/mol. The highest BCUT2D eigenvalue weighted by Gasteiger charge is 2.23. The smallest absolute Gasteiger partial charge is 0.146 e. The summed E-state index contributed by atoms with van der Waals surface area (Å²) >= 11 is 1.84. The summed E-state index contributed by atoms with van der Waals surface area (Å²) in [5.41, 5.74) is 1.45. The molecule has 1 saturated heterocycles. The van der Waals surface area contributed by atoms with E-state index in [-0.39, 0.29) is 0 Å². The molecule has 0 unspecified atom stereocenters. The number of morpholine rings is 1. The van der Waals surface area contributed by atoms with Gasteiger partial charge in [0.15, 0.2) is 0 Å². The molecule has 7 heteroatoms. The average molecular weight is 370 g/mol. The van der Waals surface area contributed by atoms with Crippen LogP contribution in [0.25, 0.3) is 10.2 Å². The minimum Gasteiger partial charge on any atom is -0.467 e. The third-order valence-electron chi connectivity index (χ3n) is 5.09. The first-order valence-corrected chi connectivity index (χ1v) is 10.1. The van der Waals surface area contributed by atoms with Gasteiger partial charge in [0, 0.05) is 18.0 Å². The number of hydrogen-bond donors (Lipinski definition) is 1. The Hall–Kier alpha value is -1.96. The molecule has 3 aromatic rings. The van der Waals surface area contributed by atoms with E-state index in [0.717, 1.165) is 61.5 Å². The van der Waals surface area contributed by atoms with E-state index in [9.17, 15) is 0 Å². The van der Waals surface area contributed by atoms with Gasteiger partial charge in [-0.05, 0) is 37.0 Å². The first-order chi connectivity index (χ1) is 12.9. The van der Waals surface area contributed by atoms with Crippen molar-refractivity contribution in [1.29, 1.82) is 0 Å². The van der Waals surface area contributed by atoms with Gasteiger partial charge < -0.3 is 14.5 Å². The van der Waals surface area contributed by atoms with Crippen molar-refractivity contribution in [1.82, 2.24) is 14.9 Å². The van der Waals surface area contributed by atoms with E-state index in [1.54, 1.807) is 6.26 Å². The van der Waals surface area contributed by atoms with E-state index in [1.165, 1.54) is 28.7 Å². The molecule has 2 aliphatic rings. The molecular formula is C19H22N4O2S. The molecule has 5 rings (SSSR count). The second-order valence-electron chi connectivity index (χ2n) is 6.85. The van der Waals surface area contributed by atoms with E-state index in [4.69, 9.17) is 19.1 Å². The fraction of sp³-hybridized carbons (Fsp3) is 0.474. The number of nitrogens with zero attached hydrogens (tertiary/aromatic N) is 3. The zero-order valence-corrected chi connectivity index (χ0v) is 15.5. The number of aryl methyl sites for hydroxylation is 2. The van der Waals surface area contributed by atoms with Crippen LogP contribution in [-0.2, 0) is 30.7 Å².